The van der Waals surface area contributed by atoms with Gasteiger partial charge in [-0.1, -0.05) is 0 Å². The molecular formula is C13H24N4S. The second-order valence-corrected chi connectivity index (χ2v) is 6.40. The summed E-state index contributed by atoms with van der Waals surface area (Å²) in [5, 5.41) is 0. The van der Waals surface area contributed by atoms with Gasteiger partial charge in [0.15, 0.2) is 0 Å². The van der Waals surface area contributed by atoms with Gasteiger partial charge in [-0.3, -0.25) is 4.90 Å². The van der Waals surface area contributed by atoms with Crippen molar-refractivity contribution in [2.45, 2.75) is 38.4 Å². The molecule has 1 aliphatic rings. The number of imidazole rings is 1. The summed E-state index contributed by atoms with van der Waals surface area (Å²) in [4.78, 5) is 6.74. The number of nitrogens with two attached hydrogens (primary N) is 1. The molecule has 2 rings (SSSR count). The molecule has 0 amide bonds. The Hall–Kier alpha value is -0.520. The minimum Gasteiger partial charge on any atom is -0.331 e. The summed E-state index contributed by atoms with van der Waals surface area (Å²) in [5.74, 6) is 2.50. The van der Waals surface area contributed by atoms with Crippen LogP contribution in [0.3, 0.4) is 0 Å². The lowest BCUT2D eigenvalue weighted by Crippen LogP contribution is -2.39. The highest BCUT2D eigenvalue weighted by Crippen LogP contribution is 2.29. The predicted octanol–water partition coefficient (Wildman–Crippen LogP) is 1.90. The summed E-state index contributed by atoms with van der Waals surface area (Å²) in [5.41, 5.74) is 7.25. The van der Waals surface area contributed by atoms with Crippen molar-refractivity contribution in [3.63, 3.8) is 0 Å². The van der Waals surface area contributed by atoms with Crippen LogP contribution in [0.5, 0.6) is 0 Å². The Morgan fingerprint density at radius 3 is 2.94 bits per heavy atom. The fraction of sp³-hybridized carbons (Fsp3) is 0.769. The first-order chi connectivity index (χ1) is 8.65. The van der Waals surface area contributed by atoms with Crippen LogP contribution < -0.4 is 5.73 Å². The maximum Gasteiger partial charge on any atom is 0.0951 e. The third-order valence-corrected chi connectivity index (χ3v) is 4.94. The van der Waals surface area contributed by atoms with Crippen LogP contribution in [-0.4, -0.2) is 45.6 Å². The first-order valence-corrected chi connectivity index (χ1v) is 7.82. The zero-order chi connectivity index (χ0) is 13.1. The molecule has 5 heteroatoms. The molecule has 0 bridgehead atoms. The summed E-state index contributed by atoms with van der Waals surface area (Å²) < 4.78 is 2.23. The van der Waals surface area contributed by atoms with Crippen LogP contribution in [0.25, 0.3) is 0 Å². The Morgan fingerprint density at radius 1 is 1.61 bits per heavy atom. The number of thioether (sulfide) groups is 1. The molecule has 0 radical (unpaired) electrons. The van der Waals surface area contributed by atoms with Gasteiger partial charge in [0.25, 0.3) is 0 Å². The summed E-state index contributed by atoms with van der Waals surface area (Å²) >= 11 is 2.04. The fourth-order valence-electron chi connectivity index (χ4n) is 2.60. The second-order valence-electron chi connectivity index (χ2n) is 5.25. The standard InChI is InChI=1S/C13H24N4S/c1-10(2)17-9-15-7-13(17)12(6-14)16(3)11-4-5-18-8-11/h7,9-12H,4-6,8,14H2,1-3H3. The van der Waals surface area contributed by atoms with Crippen LogP contribution in [0.4, 0.5) is 0 Å². The van der Waals surface area contributed by atoms with E-state index in [0.29, 0.717) is 18.6 Å². The molecule has 2 N–H and O–H groups in total. The van der Waals surface area contributed by atoms with E-state index < -0.39 is 0 Å². The van der Waals surface area contributed by atoms with Gasteiger partial charge in [0.1, 0.15) is 0 Å². The lowest BCUT2D eigenvalue weighted by Gasteiger charge is -2.33. The van der Waals surface area contributed by atoms with Crippen LogP contribution in [0, 0.1) is 0 Å². The molecular weight excluding hydrogens is 244 g/mol. The summed E-state index contributed by atoms with van der Waals surface area (Å²) in [6, 6.07) is 1.36. The van der Waals surface area contributed by atoms with Gasteiger partial charge in [0, 0.05) is 30.6 Å². The van der Waals surface area contributed by atoms with Gasteiger partial charge < -0.3 is 10.3 Å². The van der Waals surface area contributed by atoms with Gasteiger partial charge in [-0.25, -0.2) is 4.98 Å². The van der Waals surface area contributed by atoms with Gasteiger partial charge in [0.2, 0.25) is 0 Å². The number of rotatable bonds is 5. The van der Waals surface area contributed by atoms with Gasteiger partial charge in [-0.05, 0) is 33.1 Å². The summed E-state index contributed by atoms with van der Waals surface area (Å²) in [7, 11) is 2.20. The average molecular weight is 268 g/mol. The molecule has 102 valence electrons. The molecule has 1 aromatic rings. The molecule has 2 heterocycles. The highest BCUT2D eigenvalue weighted by molar-refractivity contribution is 7.99. The number of likely N-dealkylation sites (N-methyl/N-ethyl adjacent to an activating group) is 1. The van der Waals surface area contributed by atoms with Crippen molar-refractivity contribution in [2.75, 3.05) is 25.1 Å². The van der Waals surface area contributed by atoms with Gasteiger partial charge in [-0.15, -0.1) is 0 Å². The van der Waals surface area contributed by atoms with Crippen molar-refractivity contribution in [2.24, 2.45) is 5.73 Å². The van der Waals surface area contributed by atoms with E-state index in [2.05, 4.69) is 35.3 Å². The first-order valence-electron chi connectivity index (χ1n) is 6.66. The van der Waals surface area contributed by atoms with E-state index in [1.807, 2.05) is 24.3 Å². The van der Waals surface area contributed by atoms with Crippen LogP contribution in [-0.2, 0) is 0 Å². The SMILES string of the molecule is CC(C)n1cncc1C(CN)N(C)C1CCSC1. The Morgan fingerprint density at radius 2 is 2.39 bits per heavy atom. The highest BCUT2D eigenvalue weighted by Gasteiger charge is 2.28. The van der Waals surface area contributed by atoms with Gasteiger partial charge in [-0.2, -0.15) is 11.8 Å². The first kappa shape index (κ1) is 13.9. The zero-order valence-electron chi connectivity index (χ0n) is 11.5. The molecule has 0 spiro atoms. The second kappa shape index (κ2) is 6.08. The lowest BCUT2D eigenvalue weighted by atomic mass is 10.1. The van der Waals surface area contributed by atoms with Crippen LogP contribution in [0.15, 0.2) is 12.5 Å². The Bertz CT molecular complexity index is 371. The van der Waals surface area contributed by atoms with Crippen molar-refractivity contribution in [1.29, 1.82) is 0 Å². The molecule has 2 unspecified atom stereocenters. The third-order valence-electron chi connectivity index (χ3n) is 3.79. The van der Waals surface area contributed by atoms with Crippen molar-refractivity contribution < 1.29 is 0 Å². The fourth-order valence-corrected chi connectivity index (χ4v) is 3.88. The zero-order valence-corrected chi connectivity index (χ0v) is 12.4. The van der Waals surface area contributed by atoms with Gasteiger partial charge in [0.05, 0.1) is 18.1 Å². The minimum absolute atomic E-state index is 0.276. The monoisotopic (exact) mass is 268 g/mol. The molecule has 1 aliphatic heterocycles. The van der Waals surface area contributed by atoms with Gasteiger partial charge >= 0.3 is 0 Å². The predicted molar refractivity (Wildman–Crippen MR) is 77.9 cm³/mol. The molecule has 1 fully saturated rings. The van der Waals surface area contributed by atoms with E-state index in [1.165, 1.54) is 23.6 Å². The van der Waals surface area contributed by atoms with E-state index >= 15 is 0 Å². The number of aromatic nitrogens is 2. The summed E-state index contributed by atoms with van der Waals surface area (Å²) in [6.07, 6.45) is 5.16. The number of hydrogen-bond donors (Lipinski definition) is 1. The summed E-state index contributed by atoms with van der Waals surface area (Å²) in [6.45, 7) is 5.02. The Kier molecular flexibility index (Phi) is 4.70. The van der Waals surface area contributed by atoms with Crippen molar-refractivity contribution in [3.8, 4) is 0 Å². The van der Waals surface area contributed by atoms with E-state index in [-0.39, 0.29) is 6.04 Å². The van der Waals surface area contributed by atoms with Crippen LogP contribution in [0.1, 0.15) is 38.0 Å². The van der Waals surface area contributed by atoms with E-state index in [0.717, 1.165) is 0 Å². The molecule has 2 atom stereocenters. The van der Waals surface area contributed by atoms with Crippen molar-refractivity contribution in [1.82, 2.24) is 14.5 Å². The smallest absolute Gasteiger partial charge is 0.0951 e. The minimum atomic E-state index is 0.276. The van der Waals surface area contributed by atoms with Crippen molar-refractivity contribution in [3.05, 3.63) is 18.2 Å². The maximum atomic E-state index is 6.01. The molecule has 1 aromatic heterocycles. The molecule has 1 saturated heterocycles. The quantitative estimate of drug-likeness (QED) is 0.886. The lowest BCUT2D eigenvalue weighted by molar-refractivity contribution is 0.184. The average Bonchev–Trinajstić information content (AvgIpc) is 3.00. The Balaban J connectivity index is 2.18. The normalized spacial score (nSPS) is 22.0. The van der Waals surface area contributed by atoms with Crippen molar-refractivity contribution >= 4 is 11.8 Å². The van der Waals surface area contributed by atoms with E-state index in [9.17, 15) is 0 Å². The molecule has 4 nitrogen and oxygen atoms in total. The molecule has 18 heavy (non-hydrogen) atoms. The van der Waals surface area contributed by atoms with E-state index in [1.54, 1.807) is 0 Å². The molecule has 0 saturated carbocycles. The number of nitrogens with zero attached hydrogens (tertiary/aromatic N) is 3. The molecule has 0 aromatic carbocycles. The largest absolute Gasteiger partial charge is 0.331 e. The van der Waals surface area contributed by atoms with Crippen LogP contribution in [0.2, 0.25) is 0 Å². The van der Waals surface area contributed by atoms with Crippen LogP contribution >= 0.6 is 11.8 Å². The molecule has 0 aliphatic carbocycles. The van der Waals surface area contributed by atoms with E-state index in [4.69, 9.17) is 5.73 Å². The maximum absolute atomic E-state index is 6.01. The number of hydrogen-bond acceptors (Lipinski definition) is 4. The third kappa shape index (κ3) is 2.73. The topological polar surface area (TPSA) is 47.1 Å². The Labute approximate surface area is 114 Å². The highest BCUT2D eigenvalue weighted by atomic mass is 32.2.